The molecule has 0 aromatic carbocycles. The number of hydrogen-bond donors (Lipinski definition) is 0. The van der Waals surface area contributed by atoms with E-state index in [0.717, 1.165) is 0 Å². The molecular formula is C16H36Cl2N4NiO8. The van der Waals surface area contributed by atoms with Crippen LogP contribution in [0.2, 0.25) is 0 Å². The number of rotatable bonds is 2. The van der Waals surface area contributed by atoms with Gasteiger partial charge in [-0.25, -0.2) is 37.3 Å². The summed E-state index contributed by atoms with van der Waals surface area (Å²) in [7, 11) is -5.37. The standard InChI is InChI=1S/C16H36N4.2ClHO4.Ni/c1-5-19-11-7-9-17(3)13-14-18(4)10-8-12-20(6-2)16-15-19;2*2-1(3,4)5;/h5-16H2,1-4H3;2*(H,2,3,4,5);/q;;;+2/p-2. The number of nitrogens with zero attached hydrogens (tertiary/aromatic N) is 4. The third-order valence-corrected chi connectivity index (χ3v) is 4.52. The Morgan fingerprint density at radius 3 is 1.00 bits per heavy atom. The Morgan fingerprint density at radius 1 is 0.516 bits per heavy atom. The molecule has 0 radical (unpaired) electrons. The van der Waals surface area contributed by atoms with Crippen LogP contribution in [0.5, 0.6) is 0 Å². The average molecular weight is 542 g/mol. The van der Waals surface area contributed by atoms with Gasteiger partial charge in [-0.1, -0.05) is 13.8 Å². The SMILES string of the molecule is CCN1CCCN(C)CCN(C)CCCN(CC)CC1.[Ni+2].[O-][Cl+3]([O-])([O-])[O-].[O-][Cl+3]([O-])([O-])[O-]. The molecule has 15 heteroatoms. The maximum atomic E-state index is 8.49. The van der Waals surface area contributed by atoms with Crippen LogP contribution in [-0.2, 0) is 16.5 Å². The molecule has 1 aliphatic heterocycles. The second-order valence-electron chi connectivity index (χ2n) is 6.94. The zero-order valence-corrected chi connectivity index (χ0v) is 21.1. The van der Waals surface area contributed by atoms with Crippen molar-refractivity contribution in [2.24, 2.45) is 0 Å². The molecule has 12 nitrogen and oxygen atoms in total. The average Bonchev–Trinajstić information content (AvgIpc) is 2.57. The molecule has 0 aliphatic carbocycles. The summed E-state index contributed by atoms with van der Waals surface area (Å²) in [5.41, 5.74) is 0. The molecule has 0 atom stereocenters. The van der Waals surface area contributed by atoms with Crippen molar-refractivity contribution in [1.82, 2.24) is 19.6 Å². The van der Waals surface area contributed by atoms with Crippen LogP contribution in [0.15, 0.2) is 0 Å². The molecular weight excluding hydrogens is 506 g/mol. The molecule has 31 heavy (non-hydrogen) atoms. The van der Waals surface area contributed by atoms with Gasteiger partial charge >= 0.3 is 16.5 Å². The van der Waals surface area contributed by atoms with Gasteiger partial charge in [0.15, 0.2) is 0 Å². The first-order chi connectivity index (χ1) is 13.7. The first-order valence-corrected chi connectivity index (χ1v) is 12.2. The van der Waals surface area contributed by atoms with E-state index in [1.165, 1.54) is 78.3 Å². The maximum Gasteiger partial charge on any atom is 2.00 e. The third-order valence-electron chi connectivity index (χ3n) is 4.52. The van der Waals surface area contributed by atoms with Gasteiger partial charge in [-0.2, -0.15) is 0 Å². The minimum atomic E-state index is -4.94. The molecule has 0 saturated carbocycles. The summed E-state index contributed by atoms with van der Waals surface area (Å²) < 4.78 is 67.9. The molecule has 0 unspecified atom stereocenters. The van der Waals surface area contributed by atoms with Crippen LogP contribution in [-0.4, -0.2) is 99.1 Å². The Balaban J connectivity index is -0.000000595. The number of halogens is 2. The van der Waals surface area contributed by atoms with Gasteiger partial charge in [-0.15, -0.1) is 20.5 Å². The summed E-state index contributed by atoms with van der Waals surface area (Å²) in [5.74, 6) is 0. The minimum Gasteiger partial charge on any atom is -0.305 e. The van der Waals surface area contributed by atoms with Crippen molar-refractivity contribution in [3.63, 3.8) is 0 Å². The third kappa shape index (κ3) is 35.4. The van der Waals surface area contributed by atoms with Gasteiger partial charge in [0.05, 0.1) is 0 Å². The topological polar surface area (TPSA) is 197 Å². The molecule has 0 aromatic heterocycles. The molecule has 192 valence electrons. The number of hydrogen-bond acceptors (Lipinski definition) is 12. The summed E-state index contributed by atoms with van der Waals surface area (Å²) in [6, 6.07) is 0. The summed E-state index contributed by atoms with van der Waals surface area (Å²) >= 11 is 0. The Labute approximate surface area is 200 Å². The second kappa shape index (κ2) is 20.0. The Morgan fingerprint density at radius 2 is 0.774 bits per heavy atom. The first-order valence-electron chi connectivity index (χ1n) is 9.71. The summed E-state index contributed by atoms with van der Waals surface area (Å²) in [6.45, 7) is 16.7. The molecule has 0 N–H and O–H groups in total. The van der Waals surface area contributed by atoms with E-state index in [9.17, 15) is 0 Å². The maximum absolute atomic E-state index is 8.49. The summed E-state index contributed by atoms with van der Waals surface area (Å²) in [6.07, 6.45) is 2.58. The quantitative estimate of drug-likeness (QED) is 0.299. The fraction of sp³-hybridized carbons (Fsp3) is 1.00. The van der Waals surface area contributed by atoms with Crippen LogP contribution in [0.4, 0.5) is 0 Å². The van der Waals surface area contributed by atoms with Crippen molar-refractivity contribution in [2.45, 2.75) is 26.7 Å². The molecule has 1 heterocycles. The van der Waals surface area contributed by atoms with E-state index >= 15 is 0 Å². The molecule has 1 saturated heterocycles. The van der Waals surface area contributed by atoms with Gasteiger partial charge in [-0.05, 0) is 66.2 Å². The zero-order chi connectivity index (χ0) is 23.8. The number of likely N-dealkylation sites (N-methyl/N-ethyl adjacent to an activating group) is 4. The van der Waals surface area contributed by atoms with Gasteiger partial charge in [0.25, 0.3) is 0 Å². The Bertz CT molecular complexity index is 361. The van der Waals surface area contributed by atoms with Crippen molar-refractivity contribution in [3.05, 3.63) is 0 Å². The van der Waals surface area contributed by atoms with E-state index in [2.05, 4.69) is 47.5 Å². The van der Waals surface area contributed by atoms with Crippen molar-refractivity contribution in [1.29, 1.82) is 0 Å². The molecule has 0 aromatic rings. The van der Waals surface area contributed by atoms with Gasteiger partial charge in [-0.3, -0.25) is 0 Å². The predicted molar refractivity (Wildman–Crippen MR) is 88.5 cm³/mol. The van der Waals surface area contributed by atoms with Crippen LogP contribution in [0.25, 0.3) is 0 Å². The van der Waals surface area contributed by atoms with E-state index < -0.39 is 20.5 Å². The van der Waals surface area contributed by atoms with Crippen LogP contribution in [0.3, 0.4) is 0 Å². The van der Waals surface area contributed by atoms with Crippen molar-refractivity contribution >= 4 is 0 Å². The molecule has 0 amide bonds. The summed E-state index contributed by atoms with van der Waals surface area (Å²) in [4.78, 5) is 10.2. The first kappa shape index (κ1) is 36.2. The zero-order valence-electron chi connectivity index (χ0n) is 18.6. The van der Waals surface area contributed by atoms with E-state index in [4.69, 9.17) is 37.3 Å². The monoisotopic (exact) mass is 540 g/mol. The minimum absolute atomic E-state index is 0. The summed E-state index contributed by atoms with van der Waals surface area (Å²) in [5, 5.41) is 0. The fourth-order valence-corrected chi connectivity index (χ4v) is 2.83. The van der Waals surface area contributed by atoms with E-state index in [-0.39, 0.29) is 16.5 Å². The van der Waals surface area contributed by atoms with E-state index in [0.29, 0.717) is 0 Å². The van der Waals surface area contributed by atoms with Crippen LogP contribution < -0.4 is 37.3 Å². The molecule has 1 rings (SSSR count). The largest absolute Gasteiger partial charge is 2.00 e. The Kier molecular flexibility index (Phi) is 23.3. The van der Waals surface area contributed by atoms with E-state index in [1.54, 1.807) is 0 Å². The van der Waals surface area contributed by atoms with Crippen LogP contribution >= 0.6 is 0 Å². The Hall–Kier alpha value is 0.594. The molecule has 0 bridgehead atoms. The second-order valence-corrected chi connectivity index (χ2v) is 8.45. The van der Waals surface area contributed by atoms with Gasteiger partial charge < -0.3 is 19.6 Å². The van der Waals surface area contributed by atoms with Crippen molar-refractivity contribution < 1.29 is 74.2 Å². The fourth-order valence-electron chi connectivity index (χ4n) is 2.83. The van der Waals surface area contributed by atoms with Crippen LogP contribution in [0, 0.1) is 20.5 Å². The normalized spacial score (nSPS) is 19.7. The van der Waals surface area contributed by atoms with Crippen molar-refractivity contribution in [2.75, 3.05) is 79.5 Å². The predicted octanol–water partition coefficient (Wildman–Crippen LogP) is -8.23. The van der Waals surface area contributed by atoms with Gasteiger partial charge in [0.2, 0.25) is 0 Å². The molecule has 0 spiro atoms. The smallest absolute Gasteiger partial charge is 0.305 e. The molecule has 1 aliphatic rings. The van der Waals surface area contributed by atoms with Crippen molar-refractivity contribution in [3.8, 4) is 0 Å². The van der Waals surface area contributed by atoms with Gasteiger partial charge in [0.1, 0.15) is 0 Å². The molecule has 1 fully saturated rings. The van der Waals surface area contributed by atoms with Crippen LogP contribution in [0.1, 0.15) is 26.7 Å². The van der Waals surface area contributed by atoms with Gasteiger partial charge in [0, 0.05) is 26.2 Å². The van der Waals surface area contributed by atoms with E-state index in [1.807, 2.05) is 0 Å².